The zero-order valence-electron chi connectivity index (χ0n) is 5.10. The molecule has 0 saturated heterocycles. The SMILES string of the molecule is C1=CCCCCC1.Cl. The maximum Gasteiger partial charge on any atom is -0.0351 e. The van der Waals surface area contributed by atoms with Crippen molar-refractivity contribution in [2.75, 3.05) is 0 Å². The van der Waals surface area contributed by atoms with Crippen LogP contribution in [-0.4, -0.2) is 0 Å². The van der Waals surface area contributed by atoms with Crippen LogP contribution in [0.25, 0.3) is 0 Å². The molecule has 0 heterocycles. The summed E-state index contributed by atoms with van der Waals surface area (Å²) >= 11 is 0. The van der Waals surface area contributed by atoms with E-state index < -0.39 is 0 Å². The predicted octanol–water partition coefficient (Wildman–Crippen LogP) is 2.93. The zero-order valence-corrected chi connectivity index (χ0v) is 5.91. The Morgan fingerprint density at radius 3 is 1.75 bits per heavy atom. The van der Waals surface area contributed by atoms with Crippen LogP contribution < -0.4 is 0 Å². The van der Waals surface area contributed by atoms with Crippen molar-refractivity contribution in [3.8, 4) is 0 Å². The maximum atomic E-state index is 2.30. The highest BCUT2D eigenvalue weighted by atomic mass is 35.5. The summed E-state index contributed by atoms with van der Waals surface area (Å²) in [5.74, 6) is 0. The molecule has 0 fully saturated rings. The standard InChI is InChI=1S/C7H12.ClH/c1-2-4-6-7-5-3-1;/h1-2H,3-7H2;1H. The van der Waals surface area contributed by atoms with Gasteiger partial charge in [0.05, 0.1) is 0 Å². The number of rotatable bonds is 0. The van der Waals surface area contributed by atoms with E-state index in [1.54, 1.807) is 0 Å². The predicted molar refractivity (Wildman–Crippen MR) is 39.5 cm³/mol. The van der Waals surface area contributed by atoms with Crippen molar-refractivity contribution in [2.45, 2.75) is 32.1 Å². The largest absolute Gasteiger partial charge is 0.147 e. The summed E-state index contributed by atoms with van der Waals surface area (Å²) in [6.45, 7) is 0. The third-order valence-electron chi connectivity index (χ3n) is 1.41. The molecule has 0 atom stereocenters. The quantitative estimate of drug-likeness (QED) is 0.445. The van der Waals surface area contributed by atoms with E-state index in [0.717, 1.165) is 0 Å². The minimum Gasteiger partial charge on any atom is -0.147 e. The van der Waals surface area contributed by atoms with Crippen molar-refractivity contribution in [1.82, 2.24) is 0 Å². The molecule has 1 heteroatoms. The van der Waals surface area contributed by atoms with Gasteiger partial charge in [0.15, 0.2) is 0 Å². The van der Waals surface area contributed by atoms with E-state index in [-0.39, 0.29) is 12.4 Å². The third-order valence-corrected chi connectivity index (χ3v) is 1.41. The van der Waals surface area contributed by atoms with Crippen LogP contribution in [0.1, 0.15) is 32.1 Å². The lowest BCUT2D eigenvalue weighted by atomic mass is 10.2. The number of hydrogen-bond acceptors (Lipinski definition) is 0. The lowest BCUT2D eigenvalue weighted by Crippen LogP contribution is -1.67. The first-order valence-electron chi connectivity index (χ1n) is 3.15. The normalized spacial score (nSPS) is 19.0. The highest BCUT2D eigenvalue weighted by Gasteiger charge is 1.88. The molecule has 0 nitrogen and oxygen atoms in total. The summed E-state index contributed by atoms with van der Waals surface area (Å²) in [5, 5.41) is 0. The average molecular weight is 133 g/mol. The van der Waals surface area contributed by atoms with E-state index in [0.29, 0.717) is 0 Å². The first-order chi connectivity index (χ1) is 3.50. The van der Waals surface area contributed by atoms with Gasteiger partial charge in [-0.2, -0.15) is 0 Å². The van der Waals surface area contributed by atoms with Crippen molar-refractivity contribution in [2.24, 2.45) is 0 Å². The summed E-state index contributed by atoms with van der Waals surface area (Å²) in [6.07, 6.45) is 11.5. The highest BCUT2D eigenvalue weighted by Crippen LogP contribution is 2.08. The Morgan fingerprint density at radius 2 is 1.25 bits per heavy atom. The molecule has 0 aliphatic heterocycles. The zero-order chi connectivity index (χ0) is 4.95. The van der Waals surface area contributed by atoms with Gasteiger partial charge in [-0.25, -0.2) is 0 Å². The Labute approximate surface area is 57.4 Å². The molecular weight excluding hydrogens is 120 g/mol. The van der Waals surface area contributed by atoms with Gasteiger partial charge in [0, 0.05) is 0 Å². The smallest absolute Gasteiger partial charge is 0.0351 e. The Morgan fingerprint density at radius 1 is 0.750 bits per heavy atom. The molecule has 0 aromatic rings. The van der Waals surface area contributed by atoms with Crippen LogP contribution in [0.2, 0.25) is 0 Å². The molecule has 0 aromatic heterocycles. The first-order valence-corrected chi connectivity index (χ1v) is 3.15. The van der Waals surface area contributed by atoms with E-state index in [1.807, 2.05) is 0 Å². The van der Waals surface area contributed by atoms with E-state index in [2.05, 4.69) is 12.2 Å². The van der Waals surface area contributed by atoms with Crippen molar-refractivity contribution in [1.29, 1.82) is 0 Å². The fraction of sp³-hybridized carbons (Fsp3) is 0.714. The molecule has 1 aliphatic carbocycles. The van der Waals surface area contributed by atoms with Crippen molar-refractivity contribution in [3.05, 3.63) is 12.2 Å². The summed E-state index contributed by atoms with van der Waals surface area (Å²) in [6, 6.07) is 0. The molecule has 1 rings (SSSR count). The van der Waals surface area contributed by atoms with Gasteiger partial charge in [-0.05, 0) is 25.7 Å². The Bertz CT molecular complexity index is 58.8. The second kappa shape index (κ2) is 5.17. The first kappa shape index (κ1) is 8.03. The van der Waals surface area contributed by atoms with Crippen LogP contribution in [0.3, 0.4) is 0 Å². The van der Waals surface area contributed by atoms with E-state index in [4.69, 9.17) is 0 Å². The number of halogens is 1. The molecule has 0 saturated carbocycles. The topological polar surface area (TPSA) is 0 Å². The Hall–Kier alpha value is 0.0300. The van der Waals surface area contributed by atoms with Gasteiger partial charge in [0.2, 0.25) is 0 Å². The molecule has 0 aromatic carbocycles. The molecule has 48 valence electrons. The van der Waals surface area contributed by atoms with Crippen LogP contribution in [0.5, 0.6) is 0 Å². The van der Waals surface area contributed by atoms with Crippen LogP contribution in [-0.2, 0) is 0 Å². The van der Waals surface area contributed by atoms with Crippen LogP contribution in [0, 0.1) is 0 Å². The van der Waals surface area contributed by atoms with Gasteiger partial charge in [-0.1, -0.05) is 18.6 Å². The van der Waals surface area contributed by atoms with E-state index in [1.165, 1.54) is 32.1 Å². The van der Waals surface area contributed by atoms with Gasteiger partial charge in [0.25, 0.3) is 0 Å². The highest BCUT2D eigenvalue weighted by molar-refractivity contribution is 5.85. The van der Waals surface area contributed by atoms with Gasteiger partial charge in [-0.15, -0.1) is 12.4 Å². The molecule has 0 unspecified atom stereocenters. The van der Waals surface area contributed by atoms with Gasteiger partial charge in [0.1, 0.15) is 0 Å². The van der Waals surface area contributed by atoms with Crippen molar-refractivity contribution in [3.63, 3.8) is 0 Å². The number of hydrogen-bond donors (Lipinski definition) is 0. The summed E-state index contributed by atoms with van der Waals surface area (Å²) in [4.78, 5) is 0. The monoisotopic (exact) mass is 132 g/mol. The lowest BCUT2D eigenvalue weighted by Gasteiger charge is -1.86. The summed E-state index contributed by atoms with van der Waals surface area (Å²) in [7, 11) is 0. The van der Waals surface area contributed by atoms with E-state index >= 15 is 0 Å². The number of allylic oxidation sites excluding steroid dienone is 2. The Kier molecular flexibility index (Phi) is 5.19. The van der Waals surface area contributed by atoms with Gasteiger partial charge >= 0.3 is 0 Å². The molecule has 8 heavy (non-hydrogen) atoms. The van der Waals surface area contributed by atoms with Crippen molar-refractivity contribution >= 4 is 12.4 Å². The minimum absolute atomic E-state index is 0. The fourth-order valence-corrected chi connectivity index (χ4v) is 0.937. The third kappa shape index (κ3) is 3.09. The van der Waals surface area contributed by atoms with Crippen LogP contribution >= 0.6 is 12.4 Å². The summed E-state index contributed by atoms with van der Waals surface area (Å²) < 4.78 is 0. The lowest BCUT2D eigenvalue weighted by molar-refractivity contribution is 0.718. The molecule has 0 spiro atoms. The molecule has 1 aliphatic rings. The molecular formula is C7H13Cl. The second-order valence-corrected chi connectivity index (χ2v) is 2.11. The average Bonchev–Trinajstić information content (AvgIpc) is 1.90. The van der Waals surface area contributed by atoms with Gasteiger partial charge < -0.3 is 0 Å². The molecule has 0 radical (unpaired) electrons. The second-order valence-electron chi connectivity index (χ2n) is 2.11. The Balaban J connectivity index is 0.000000490. The fourth-order valence-electron chi connectivity index (χ4n) is 0.937. The van der Waals surface area contributed by atoms with E-state index in [9.17, 15) is 0 Å². The van der Waals surface area contributed by atoms with Gasteiger partial charge in [-0.3, -0.25) is 0 Å². The van der Waals surface area contributed by atoms with Crippen molar-refractivity contribution < 1.29 is 0 Å². The van der Waals surface area contributed by atoms with Crippen LogP contribution in [0.15, 0.2) is 12.2 Å². The van der Waals surface area contributed by atoms with Crippen LogP contribution in [0.4, 0.5) is 0 Å². The molecule has 0 amide bonds. The molecule has 0 N–H and O–H groups in total. The minimum atomic E-state index is 0. The maximum absolute atomic E-state index is 2.30. The summed E-state index contributed by atoms with van der Waals surface area (Å²) in [5.41, 5.74) is 0. The molecule has 0 bridgehead atoms.